The van der Waals surface area contributed by atoms with Crippen LogP contribution in [-0.4, -0.2) is 24.2 Å². The van der Waals surface area contributed by atoms with E-state index in [1.165, 1.54) is 10.9 Å². The molecule has 2 aromatic heterocycles. The van der Waals surface area contributed by atoms with Crippen molar-refractivity contribution in [3.8, 4) is 0 Å². The first-order chi connectivity index (χ1) is 10.1. The summed E-state index contributed by atoms with van der Waals surface area (Å²) in [5.41, 5.74) is 2.51. The first-order valence-corrected chi connectivity index (χ1v) is 6.67. The molecule has 0 amide bonds. The maximum Gasteiger partial charge on any atom is 0.281 e. The van der Waals surface area contributed by atoms with Crippen LogP contribution in [0, 0.1) is 6.92 Å². The highest BCUT2D eigenvalue weighted by molar-refractivity contribution is 5.68. The van der Waals surface area contributed by atoms with Gasteiger partial charge in [-0.1, -0.05) is 29.8 Å². The van der Waals surface area contributed by atoms with Crippen LogP contribution in [0.1, 0.15) is 17.2 Å². The zero-order valence-corrected chi connectivity index (χ0v) is 11.9. The van der Waals surface area contributed by atoms with Crippen LogP contribution in [0.3, 0.4) is 0 Å². The smallest absolute Gasteiger partial charge is 0.281 e. The van der Waals surface area contributed by atoms with E-state index in [1.807, 2.05) is 31.2 Å². The molecule has 6 nitrogen and oxygen atoms in total. The maximum atomic E-state index is 12.3. The van der Waals surface area contributed by atoms with E-state index in [0.717, 1.165) is 11.1 Å². The lowest BCUT2D eigenvalue weighted by atomic mass is 10.1. The van der Waals surface area contributed by atoms with Crippen molar-refractivity contribution in [3.63, 3.8) is 0 Å². The fraction of sp³-hybridized carbons (Fsp3) is 0.267. The van der Waals surface area contributed by atoms with E-state index < -0.39 is 6.10 Å². The van der Waals surface area contributed by atoms with Crippen LogP contribution in [0.5, 0.6) is 0 Å². The SMILES string of the molecule is Cc1ccc(C(O)Cn2cnc3c(ncn3C)c2=O)cc1. The van der Waals surface area contributed by atoms with Gasteiger partial charge in [0, 0.05) is 7.05 Å². The quantitative estimate of drug-likeness (QED) is 0.783. The minimum Gasteiger partial charge on any atom is -0.387 e. The van der Waals surface area contributed by atoms with Crippen LogP contribution >= 0.6 is 0 Å². The van der Waals surface area contributed by atoms with Crippen molar-refractivity contribution >= 4 is 11.2 Å². The van der Waals surface area contributed by atoms with E-state index in [2.05, 4.69) is 9.97 Å². The number of nitrogens with zero attached hydrogens (tertiary/aromatic N) is 4. The highest BCUT2D eigenvalue weighted by Gasteiger charge is 2.13. The van der Waals surface area contributed by atoms with Crippen LogP contribution in [-0.2, 0) is 13.6 Å². The Morgan fingerprint density at radius 2 is 1.90 bits per heavy atom. The van der Waals surface area contributed by atoms with Crippen LogP contribution in [0.2, 0.25) is 0 Å². The Morgan fingerprint density at radius 3 is 2.62 bits per heavy atom. The second kappa shape index (κ2) is 5.14. The van der Waals surface area contributed by atoms with Gasteiger partial charge in [0.25, 0.3) is 5.56 Å². The molecule has 2 heterocycles. The van der Waals surface area contributed by atoms with Gasteiger partial charge in [-0.05, 0) is 12.5 Å². The third-order valence-corrected chi connectivity index (χ3v) is 3.52. The summed E-state index contributed by atoms with van der Waals surface area (Å²) in [6.07, 6.45) is 2.25. The number of imidazole rings is 1. The van der Waals surface area contributed by atoms with Gasteiger partial charge in [-0.3, -0.25) is 9.36 Å². The Labute approximate surface area is 121 Å². The first-order valence-electron chi connectivity index (χ1n) is 6.67. The lowest BCUT2D eigenvalue weighted by Crippen LogP contribution is -2.24. The molecule has 0 spiro atoms. The summed E-state index contributed by atoms with van der Waals surface area (Å²) in [7, 11) is 1.78. The van der Waals surface area contributed by atoms with E-state index in [-0.39, 0.29) is 12.1 Å². The van der Waals surface area contributed by atoms with Gasteiger partial charge < -0.3 is 9.67 Å². The summed E-state index contributed by atoms with van der Waals surface area (Å²) in [6.45, 7) is 2.14. The van der Waals surface area contributed by atoms with Gasteiger partial charge in [0.1, 0.15) is 6.33 Å². The standard InChI is InChI=1S/C15H16N4O2/c1-10-3-5-11(6-4-10)12(20)7-19-9-17-14-13(15(19)21)16-8-18(14)2/h3-6,8-9,12,20H,7H2,1-2H3. The molecule has 0 radical (unpaired) electrons. The van der Waals surface area contributed by atoms with Crippen molar-refractivity contribution in [1.82, 2.24) is 19.1 Å². The minimum atomic E-state index is -0.758. The molecular formula is C15H16N4O2. The molecule has 1 unspecified atom stereocenters. The summed E-state index contributed by atoms with van der Waals surface area (Å²) < 4.78 is 3.08. The van der Waals surface area contributed by atoms with Crippen LogP contribution in [0.4, 0.5) is 0 Å². The maximum absolute atomic E-state index is 12.3. The zero-order chi connectivity index (χ0) is 15.0. The lowest BCUT2D eigenvalue weighted by molar-refractivity contribution is 0.155. The van der Waals surface area contributed by atoms with Gasteiger partial charge in [-0.2, -0.15) is 0 Å². The predicted molar refractivity (Wildman–Crippen MR) is 78.9 cm³/mol. The fourth-order valence-electron chi connectivity index (χ4n) is 2.25. The molecule has 1 aromatic carbocycles. The van der Waals surface area contributed by atoms with Crippen LogP contribution < -0.4 is 5.56 Å². The summed E-state index contributed by atoms with van der Waals surface area (Å²) in [5.74, 6) is 0. The molecule has 3 rings (SSSR count). The highest BCUT2D eigenvalue weighted by Crippen LogP contribution is 2.15. The molecular weight excluding hydrogens is 268 g/mol. The van der Waals surface area contributed by atoms with Crippen LogP contribution in [0.25, 0.3) is 11.2 Å². The Hall–Kier alpha value is -2.47. The number of rotatable bonds is 3. The monoisotopic (exact) mass is 284 g/mol. The number of benzene rings is 1. The average molecular weight is 284 g/mol. The van der Waals surface area contributed by atoms with E-state index in [9.17, 15) is 9.90 Å². The number of hydrogen-bond acceptors (Lipinski definition) is 4. The average Bonchev–Trinajstić information content (AvgIpc) is 2.85. The number of aliphatic hydroxyl groups excluding tert-OH is 1. The molecule has 0 bridgehead atoms. The zero-order valence-electron chi connectivity index (χ0n) is 11.9. The minimum absolute atomic E-state index is 0.154. The molecule has 0 aliphatic heterocycles. The third-order valence-electron chi connectivity index (χ3n) is 3.52. The van der Waals surface area contributed by atoms with Crippen molar-refractivity contribution in [2.75, 3.05) is 0 Å². The molecule has 3 aromatic rings. The van der Waals surface area contributed by atoms with Crippen molar-refractivity contribution in [2.45, 2.75) is 19.6 Å². The third kappa shape index (κ3) is 2.45. The molecule has 1 N–H and O–H groups in total. The summed E-state index contributed by atoms with van der Waals surface area (Å²) in [6, 6.07) is 7.58. The Bertz CT molecular complexity index is 833. The van der Waals surface area contributed by atoms with Gasteiger partial charge in [0.2, 0.25) is 0 Å². The number of hydrogen-bond donors (Lipinski definition) is 1. The summed E-state index contributed by atoms with van der Waals surface area (Å²) in [4.78, 5) is 20.6. The van der Waals surface area contributed by atoms with Gasteiger partial charge in [0.15, 0.2) is 11.2 Å². The molecule has 0 fully saturated rings. The first kappa shape index (κ1) is 13.5. The molecule has 6 heteroatoms. The predicted octanol–water partition coefficient (Wildman–Crippen LogP) is 1.17. The second-order valence-electron chi connectivity index (χ2n) is 5.16. The van der Waals surface area contributed by atoms with E-state index in [1.54, 1.807) is 17.9 Å². The largest absolute Gasteiger partial charge is 0.387 e. The van der Waals surface area contributed by atoms with Crippen molar-refractivity contribution < 1.29 is 5.11 Å². The van der Waals surface area contributed by atoms with Crippen molar-refractivity contribution in [3.05, 3.63) is 58.4 Å². The number of aryl methyl sites for hydroxylation is 2. The summed E-state index contributed by atoms with van der Waals surface area (Å²) >= 11 is 0. The van der Waals surface area contributed by atoms with E-state index >= 15 is 0 Å². The molecule has 108 valence electrons. The fourth-order valence-corrected chi connectivity index (χ4v) is 2.25. The molecule has 0 saturated heterocycles. The number of fused-ring (bicyclic) bond motifs is 1. The topological polar surface area (TPSA) is 72.9 Å². The second-order valence-corrected chi connectivity index (χ2v) is 5.16. The van der Waals surface area contributed by atoms with Crippen LogP contribution in [0.15, 0.2) is 41.7 Å². The molecule has 21 heavy (non-hydrogen) atoms. The Morgan fingerprint density at radius 1 is 1.19 bits per heavy atom. The van der Waals surface area contributed by atoms with Gasteiger partial charge in [-0.25, -0.2) is 9.97 Å². The Kier molecular flexibility index (Phi) is 3.31. The van der Waals surface area contributed by atoms with E-state index in [0.29, 0.717) is 11.2 Å². The molecule has 0 aliphatic carbocycles. The molecule has 1 atom stereocenters. The molecule has 0 saturated carbocycles. The summed E-state index contributed by atoms with van der Waals surface area (Å²) in [5, 5.41) is 10.3. The normalized spacial score (nSPS) is 12.7. The van der Waals surface area contributed by atoms with Crippen molar-refractivity contribution in [2.24, 2.45) is 7.05 Å². The Balaban J connectivity index is 1.92. The number of aliphatic hydroxyl groups is 1. The number of aromatic nitrogens is 4. The van der Waals surface area contributed by atoms with Gasteiger partial charge in [-0.15, -0.1) is 0 Å². The molecule has 0 aliphatic rings. The van der Waals surface area contributed by atoms with Crippen molar-refractivity contribution in [1.29, 1.82) is 0 Å². The van der Waals surface area contributed by atoms with Gasteiger partial charge in [0.05, 0.1) is 19.0 Å². The van der Waals surface area contributed by atoms with E-state index in [4.69, 9.17) is 0 Å². The highest BCUT2D eigenvalue weighted by atomic mass is 16.3. The van der Waals surface area contributed by atoms with Gasteiger partial charge >= 0.3 is 0 Å². The lowest BCUT2D eigenvalue weighted by Gasteiger charge is -2.12.